The molecule has 1 atom stereocenters. The summed E-state index contributed by atoms with van der Waals surface area (Å²) in [7, 11) is 2.06. The third-order valence-electron chi connectivity index (χ3n) is 5.23. The van der Waals surface area contributed by atoms with Crippen molar-refractivity contribution in [3.63, 3.8) is 0 Å². The van der Waals surface area contributed by atoms with Crippen LogP contribution in [-0.2, 0) is 0 Å². The van der Waals surface area contributed by atoms with Gasteiger partial charge in [-0.25, -0.2) is 4.98 Å². The highest BCUT2D eigenvalue weighted by atomic mass is 16.3. The number of amides is 1. The molecule has 6 heteroatoms. The summed E-state index contributed by atoms with van der Waals surface area (Å²) < 4.78 is 5.38. The molecular formula is C17H27N3O3. The molecule has 0 aromatic carbocycles. The third-order valence-corrected chi connectivity index (χ3v) is 5.23. The molecule has 1 amide bonds. The molecule has 1 aromatic rings. The fourth-order valence-electron chi connectivity index (χ4n) is 4.15. The zero-order valence-electron chi connectivity index (χ0n) is 14.3. The van der Waals surface area contributed by atoms with Crippen LogP contribution in [0.25, 0.3) is 0 Å². The Kier molecular flexibility index (Phi) is 4.47. The van der Waals surface area contributed by atoms with Crippen molar-refractivity contribution in [3.8, 4) is 0 Å². The van der Waals surface area contributed by atoms with E-state index in [-0.39, 0.29) is 23.3 Å². The van der Waals surface area contributed by atoms with Crippen LogP contribution in [0.3, 0.4) is 0 Å². The van der Waals surface area contributed by atoms with E-state index < -0.39 is 0 Å². The quantitative estimate of drug-likeness (QED) is 0.898. The Balaban J connectivity index is 1.67. The zero-order valence-corrected chi connectivity index (χ0v) is 14.3. The Morgan fingerprint density at radius 3 is 2.74 bits per heavy atom. The average molecular weight is 321 g/mol. The van der Waals surface area contributed by atoms with Gasteiger partial charge in [0.1, 0.15) is 5.76 Å². The highest BCUT2D eigenvalue weighted by Gasteiger charge is 2.41. The van der Waals surface area contributed by atoms with Crippen LogP contribution in [0.4, 0.5) is 0 Å². The van der Waals surface area contributed by atoms with Crippen LogP contribution < -0.4 is 0 Å². The van der Waals surface area contributed by atoms with E-state index in [1.165, 1.54) is 6.39 Å². The number of likely N-dealkylation sites (N-methyl/N-ethyl adjacent to an activating group) is 1. The molecule has 1 unspecified atom stereocenters. The van der Waals surface area contributed by atoms with E-state index in [1.54, 1.807) is 0 Å². The van der Waals surface area contributed by atoms with E-state index in [2.05, 4.69) is 16.9 Å². The van der Waals surface area contributed by atoms with Crippen molar-refractivity contribution in [3.05, 3.63) is 17.8 Å². The summed E-state index contributed by atoms with van der Waals surface area (Å²) in [6.07, 6.45) is 3.84. The minimum absolute atomic E-state index is 0.0259. The molecule has 0 saturated carbocycles. The number of oxazole rings is 1. The van der Waals surface area contributed by atoms with E-state index in [0.717, 1.165) is 45.4 Å². The predicted molar refractivity (Wildman–Crippen MR) is 86.3 cm³/mol. The van der Waals surface area contributed by atoms with Crippen molar-refractivity contribution in [1.82, 2.24) is 14.8 Å². The molecule has 2 fully saturated rings. The van der Waals surface area contributed by atoms with Crippen LogP contribution in [0.1, 0.15) is 55.3 Å². The van der Waals surface area contributed by atoms with Crippen LogP contribution in [0.15, 0.2) is 10.8 Å². The van der Waals surface area contributed by atoms with Gasteiger partial charge < -0.3 is 19.3 Å². The maximum atomic E-state index is 12.7. The van der Waals surface area contributed by atoms with Crippen LogP contribution in [-0.4, -0.2) is 65.1 Å². The van der Waals surface area contributed by atoms with E-state index in [4.69, 9.17) is 4.42 Å². The Bertz CT molecular complexity index is 549. The maximum absolute atomic E-state index is 12.7. The first kappa shape index (κ1) is 16.5. The number of aromatic nitrogens is 1. The summed E-state index contributed by atoms with van der Waals surface area (Å²) in [6, 6.07) is 0. The monoisotopic (exact) mass is 321 g/mol. The normalized spacial score (nSPS) is 25.3. The number of hydrogen-bond donors (Lipinski definition) is 1. The van der Waals surface area contributed by atoms with Crippen LogP contribution in [0.2, 0.25) is 0 Å². The minimum Gasteiger partial charge on any atom is -0.447 e. The van der Waals surface area contributed by atoms with Crippen molar-refractivity contribution < 1.29 is 14.3 Å². The first-order valence-corrected chi connectivity index (χ1v) is 8.49. The lowest BCUT2D eigenvalue weighted by Gasteiger charge is -2.48. The second-order valence-electron chi connectivity index (χ2n) is 7.57. The number of nitrogens with zero attached hydrogens (tertiary/aromatic N) is 3. The topological polar surface area (TPSA) is 69.8 Å². The maximum Gasteiger partial charge on any atom is 0.276 e. The van der Waals surface area contributed by atoms with Crippen molar-refractivity contribution in [2.45, 2.75) is 45.1 Å². The summed E-state index contributed by atoms with van der Waals surface area (Å²) in [6.45, 7) is 7.21. The third kappa shape index (κ3) is 3.28. The molecule has 128 valence electrons. The first-order valence-electron chi connectivity index (χ1n) is 8.49. The molecule has 1 aromatic heterocycles. The van der Waals surface area contributed by atoms with Crippen molar-refractivity contribution in [2.24, 2.45) is 5.41 Å². The van der Waals surface area contributed by atoms with Gasteiger partial charge in [0.2, 0.25) is 0 Å². The zero-order chi connectivity index (χ0) is 16.6. The van der Waals surface area contributed by atoms with Gasteiger partial charge in [-0.15, -0.1) is 0 Å². The van der Waals surface area contributed by atoms with Gasteiger partial charge in [0.15, 0.2) is 12.1 Å². The van der Waals surface area contributed by atoms with Gasteiger partial charge in [0, 0.05) is 32.1 Å². The second-order valence-corrected chi connectivity index (χ2v) is 7.57. The van der Waals surface area contributed by atoms with Gasteiger partial charge in [-0.05, 0) is 31.7 Å². The van der Waals surface area contributed by atoms with E-state index in [0.29, 0.717) is 11.5 Å². The number of carbonyl (C=O) groups is 1. The SMILES string of the molecule is CC(C)c1ocnc1C(=O)N1CCC2(CC1)CC(O)CN(C)C2. The van der Waals surface area contributed by atoms with Gasteiger partial charge >= 0.3 is 0 Å². The average Bonchev–Trinajstić information content (AvgIpc) is 2.95. The molecule has 0 bridgehead atoms. The molecule has 6 nitrogen and oxygen atoms in total. The summed E-state index contributed by atoms with van der Waals surface area (Å²) in [4.78, 5) is 21.0. The van der Waals surface area contributed by atoms with Crippen LogP contribution in [0, 0.1) is 5.41 Å². The van der Waals surface area contributed by atoms with Crippen LogP contribution >= 0.6 is 0 Å². The molecule has 2 saturated heterocycles. The molecule has 2 aliphatic heterocycles. The highest BCUT2D eigenvalue weighted by molar-refractivity contribution is 5.93. The van der Waals surface area contributed by atoms with Gasteiger partial charge in [0.05, 0.1) is 6.10 Å². The first-order chi connectivity index (χ1) is 10.9. The summed E-state index contributed by atoms with van der Waals surface area (Å²) in [5, 5.41) is 10.1. The molecule has 23 heavy (non-hydrogen) atoms. The number of aliphatic hydroxyl groups is 1. The number of aliphatic hydroxyl groups excluding tert-OH is 1. The van der Waals surface area contributed by atoms with E-state index in [9.17, 15) is 9.90 Å². The van der Waals surface area contributed by atoms with Gasteiger partial charge in [-0.2, -0.15) is 0 Å². The predicted octanol–water partition coefficient (Wildman–Crippen LogP) is 1.72. The lowest BCUT2D eigenvalue weighted by Crippen LogP contribution is -2.53. The van der Waals surface area contributed by atoms with Crippen molar-refractivity contribution in [1.29, 1.82) is 0 Å². The van der Waals surface area contributed by atoms with Gasteiger partial charge in [-0.3, -0.25) is 4.79 Å². The molecule has 1 spiro atoms. The van der Waals surface area contributed by atoms with Crippen LogP contribution in [0.5, 0.6) is 0 Å². The minimum atomic E-state index is -0.251. The fraction of sp³-hybridized carbons (Fsp3) is 0.765. The number of hydrogen-bond acceptors (Lipinski definition) is 5. The number of β-amino-alcohol motifs (C(OH)–C–C–N with tert-alkyl or cyclic N) is 1. The van der Waals surface area contributed by atoms with E-state index >= 15 is 0 Å². The molecular weight excluding hydrogens is 294 g/mol. The molecule has 2 aliphatic rings. The molecule has 3 heterocycles. The number of carbonyl (C=O) groups excluding carboxylic acids is 1. The fourth-order valence-corrected chi connectivity index (χ4v) is 4.15. The number of piperidine rings is 2. The Morgan fingerprint density at radius 1 is 1.43 bits per heavy atom. The van der Waals surface area contributed by atoms with Gasteiger partial charge in [-0.1, -0.05) is 13.8 Å². The molecule has 0 radical (unpaired) electrons. The number of rotatable bonds is 2. The smallest absolute Gasteiger partial charge is 0.276 e. The molecule has 3 rings (SSSR count). The number of likely N-dealkylation sites (tertiary alicyclic amines) is 2. The molecule has 1 N–H and O–H groups in total. The van der Waals surface area contributed by atoms with E-state index in [1.807, 2.05) is 18.7 Å². The van der Waals surface area contributed by atoms with Crippen molar-refractivity contribution in [2.75, 3.05) is 33.2 Å². The standard InChI is InChI=1S/C17H27N3O3/c1-12(2)15-14(18-11-23-15)16(22)20-6-4-17(5-7-20)8-13(21)9-19(3)10-17/h11-13,21H,4-10H2,1-3H3. The Morgan fingerprint density at radius 2 is 2.13 bits per heavy atom. The molecule has 0 aliphatic carbocycles. The Labute approximate surface area is 137 Å². The Hall–Kier alpha value is -1.40. The van der Waals surface area contributed by atoms with Crippen molar-refractivity contribution >= 4 is 5.91 Å². The lowest BCUT2D eigenvalue weighted by molar-refractivity contribution is -0.0287. The summed E-state index contributed by atoms with van der Waals surface area (Å²) >= 11 is 0. The van der Waals surface area contributed by atoms with Gasteiger partial charge in [0.25, 0.3) is 5.91 Å². The largest absolute Gasteiger partial charge is 0.447 e. The summed E-state index contributed by atoms with van der Waals surface area (Å²) in [5.41, 5.74) is 0.602. The summed E-state index contributed by atoms with van der Waals surface area (Å²) in [5.74, 6) is 0.792. The second kappa shape index (κ2) is 6.24. The highest BCUT2D eigenvalue weighted by Crippen LogP contribution is 2.39. The lowest BCUT2D eigenvalue weighted by atomic mass is 9.71.